The molecule has 96 valence electrons. The molecule has 18 heavy (non-hydrogen) atoms. The first-order valence-electron chi connectivity index (χ1n) is 4.94. The van der Waals surface area contributed by atoms with E-state index in [0.717, 1.165) is 10.7 Å². The van der Waals surface area contributed by atoms with E-state index >= 15 is 0 Å². The van der Waals surface area contributed by atoms with E-state index in [1.165, 1.54) is 6.20 Å². The quantitative estimate of drug-likeness (QED) is 0.923. The molecule has 1 N–H and O–H groups in total. The van der Waals surface area contributed by atoms with Gasteiger partial charge in [0.05, 0.1) is 12.3 Å². The predicted octanol–water partition coefficient (Wildman–Crippen LogP) is 3.15. The number of alkyl halides is 3. The fourth-order valence-corrected chi connectivity index (χ4v) is 1.84. The molecule has 0 bridgehead atoms. The number of halogens is 4. The second-order valence-corrected chi connectivity index (χ2v) is 4.49. The molecule has 0 radical (unpaired) electrons. The molecule has 2 aromatic rings. The molecule has 1 heterocycles. The Balaban J connectivity index is 2.49. The molecule has 1 aromatic heterocycles. The molecule has 0 saturated heterocycles. The molecule has 0 saturated carbocycles. The number of nitrogens with zero attached hydrogens (tertiary/aromatic N) is 2. The molecule has 0 aliphatic rings. The highest BCUT2D eigenvalue weighted by Gasteiger charge is 2.33. The van der Waals surface area contributed by atoms with E-state index in [9.17, 15) is 13.2 Å². The topological polar surface area (TPSA) is 38.0 Å². The van der Waals surface area contributed by atoms with Crippen molar-refractivity contribution < 1.29 is 18.3 Å². The van der Waals surface area contributed by atoms with Gasteiger partial charge in [0.25, 0.3) is 0 Å². The predicted molar refractivity (Wildman–Crippen MR) is 62.2 cm³/mol. The van der Waals surface area contributed by atoms with Crippen LogP contribution < -0.4 is 0 Å². The van der Waals surface area contributed by atoms with Crippen molar-refractivity contribution in [3.05, 3.63) is 46.2 Å². The first kappa shape index (κ1) is 13.1. The maximum Gasteiger partial charge on any atom is 0.435 e. The van der Waals surface area contributed by atoms with Crippen LogP contribution in [0.4, 0.5) is 13.2 Å². The van der Waals surface area contributed by atoms with Crippen molar-refractivity contribution in [1.29, 1.82) is 0 Å². The number of hydrogen-bond donors (Lipinski definition) is 1. The highest BCUT2D eigenvalue weighted by molar-refractivity contribution is 9.10. The lowest BCUT2D eigenvalue weighted by Gasteiger charge is -2.08. The smallest absolute Gasteiger partial charge is 0.392 e. The van der Waals surface area contributed by atoms with Gasteiger partial charge in [-0.3, -0.25) is 0 Å². The van der Waals surface area contributed by atoms with Gasteiger partial charge in [-0.25, -0.2) is 4.68 Å². The summed E-state index contributed by atoms with van der Waals surface area (Å²) >= 11 is 3.22. The number of benzene rings is 1. The molecule has 2 rings (SSSR count). The summed E-state index contributed by atoms with van der Waals surface area (Å²) in [4.78, 5) is 0. The molecule has 0 aliphatic heterocycles. The zero-order valence-corrected chi connectivity index (χ0v) is 10.5. The van der Waals surface area contributed by atoms with E-state index in [4.69, 9.17) is 5.11 Å². The Kier molecular flexibility index (Phi) is 3.45. The van der Waals surface area contributed by atoms with Crippen LogP contribution in [0, 0.1) is 0 Å². The number of aliphatic hydroxyl groups is 1. The van der Waals surface area contributed by atoms with E-state index in [1.807, 2.05) is 0 Å². The van der Waals surface area contributed by atoms with E-state index in [1.54, 1.807) is 18.2 Å². The summed E-state index contributed by atoms with van der Waals surface area (Å²) in [6, 6.07) is 5.80. The first-order chi connectivity index (χ1) is 8.41. The van der Waals surface area contributed by atoms with Gasteiger partial charge in [-0.1, -0.05) is 22.0 Å². The highest BCUT2D eigenvalue weighted by Crippen LogP contribution is 2.28. The second kappa shape index (κ2) is 4.74. The molecule has 7 heteroatoms. The summed E-state index contributed by atoms with van der Waals surface area (Å²) in [5.41, 5.74) is -0.0660. The number of aromatic nitrogens is 2. The molecule has 0 spiro atoms. The van der Waals surface area contributed by atoms with Crippen molar-refractivity contribution in [3.8, 4) is 5.69 Å². The van der Waals surface area contributed by atoms with Crippen LogP contribution in [-0.2, 0) is 12.8 Å². The largest absolute Gasteiger partial charge is 0.435 e. The van der Waals surface area contributed by atoms with E-state index in [2.05, 4.69) is 21.0 Å². The van der Waals surface area contributed by atoms with Crippen molar-refractivity contribution in [2.24, 2.45) is 0 Å². The number of hydrogen-bond acceptors (Lipinski definition) is 2. The third-order valence-corrected chi connectivity index (χ3v) is 2.84. The van der Waals surface area contributed by atoms with Crippen molar-refractivity contribution in [2.75, 3.05) is 0 Å². The SMILES string of the molecule is OCc1ccc(Br)cc1-n1ccc(C(F)(F)F)n1. The van der Waals surface area contributed by atoms with E-state index in [-0.39, 0.29) is 6.61 Å². The summed E-state index contributed by atoms with van der Waals surface area (Å²) < 4.78 is 39.1. The lowest BCUT2D eigenvalue weighted by atomic mass is 10.2. The molecule has 0 atom stereocenters. The van der Waals surface area contributed by atoms with Gasteiger partial charge in [0, 0.05) is 16.2 Å². The summed E-state index contributed by atoms with van der Waals surface area (Å²) in [7, 11) is 0. The molecular weight excluding hydrogens is 313 g/mol. The van der Waals surface area contributed by atoms with Crippen molar-refractivity contribution in [2.45, 2.75) is 12.8 Å². The molecule has 0 amide bonds. The fraction of sp³-hybridized carbons (Fsp3) is 0.182. The van der Waals surface area contributed by atoms with Crippen molar-refractivity contribution in [3.63, 3.8) is 0 Å². The third kappa shape index (κ3) is 2.56. The van der Waals surface area contributed by atoms with Gasteiger partial charge < -0.3 is 5.11 Å². The number of aliphatic hydroxyl groups excluding tert-OH is 1. The monoisotopic (exact) mass is 320 g/mol. The molecule has 0 aliphatic carbocycles. The summed E-state index contributed by atoms with van der Waals surface area (Å²) in [5, 5.41) is 12.6. The van der Waals surface area contributed by atoms with Gasteiger partial charge in [0.1, 0.15) is 0 Å². The van der Waals surface area contributed by atoms with Crippen molar-refractivity contribution in [1.82, 2.24) is 9.78 Å². The Morgan fingerprint density at radius 3 is 2.56 bits per heavy atom. The molecular formula is C11H8BrF3N2O. The fourth-order valence-electron chi connectivity index (χ4n) is 1.49. The maximum absolute atomic E-state index is 12.4. The maximum atomic E-state index is 12.4. The molecule has 1 aromatic carbocycles. The molecule has 0 fully saturated rings. The standard InChI is InChI=1S/C11H8BrF3N2O/c12-8-2-1-7(6-18)9(5-8)17-4-3-10(16-17)11(13,14)15/h1-5,18H,6H2. The average molecular weight is 321 g/mol. The van der Waals surface area contributed by atoms with Crippen LogP contribution in [0.1, 0.15) is 11.3 Å². The van der Waals surface area contributed by atoms with Gasteiger partial charge in [-0.2, -0.15) is 18.3 Å². The lowest BCUT2D eigenvalue weighted by molar-refractivity contribution is -0.141. The minimum absolute atomic E-state index is 0.274. The van der Waals surface area contributed by atoms with Gasteiger partial charge in [-0.05, 0) is 18.2 Å². The molecule has 0 unspecified atom stereocenters. The molecule has 3 nitrogen and oxygen atoms in total. The minimum Gasteiger partial charge on any atom is -0.392 e. The third-order valence-electron chi connectivity index (χ3n) is 2.34. The van der Waals surface area contributed by atoms with E-state index < -0.39 is 11.9 Å². The van der Waals surface area contributed by atoms with Crippen LogP contribution in [0.3, 0.4) is 0 Å². The Labute approximate surface area is 109 Å². The average Bonchev–Trinajstić information content (AvgIpc) is 2.77. The van der Waals surface area contributed by atoms with E-state index in [0.29, 0.717) is 15.7 Å². The summed E-state index contributed by atoms with van der Waals surface area (Å²) in [5.74, 6) is 0. The van der Waals surface area contributed by atoms with Gasteiger partial charge in [-0.15, -0.1) is 0 Å². The Morgan fingerprint density at radius 2 is 2.00 bits per heavy atom. The van der Waals surface area contributed by atoms with Gasteiger partial charge in [0.2, 0.25) is 0 Å². The van der Waals surface area contributed by atoms with Crippen LogP contribution in [0.2, 0.25) is 0 Å². The second-order valence-electron chi connectivity index (χ2n) is 3.57. The number of rotatable bonds is 2. The Bertz CT molecular complexity index is 566. The lowest BCUT2D eigenvalue weighted by Crippen LogP contribution is -2.08. The zero-order chi connectivity index (χ0) is 13.3. The Morgan fingerprint density at radius 1 is 1.28 bits per heavy atom. The van der Waals surface area contributed by atoms with Crippen LogP contribution in [0.25, 0.3) is 5.69 Å². The summed E-state index contributed by atoms with van der Waals surface area (Å²) in [6.45, 7) is -0.274. The van der Waals surface area contributed by atoms with Crippen LogP contribution in [0.15, 0.2) is 34.9 Å². The highest BCUT2D eigenvalue weighted by atomic mass is 79.9. The van der Waals surface area contributed by atoms with Crippen molar-refractivity contribution >= 4 is 15.9 Å². The first-order valence-corrected chi connectivity index (χ1v) is 5.73. The summed E-state index contributed by atoms with van der Waals surface area (Å²) in [6.07, 6.45) is -3.26. The zero-order valence-electron chi connectivity index (χ0n) is 8.95. The van der Waals surface area contributed by atoms with Crippen LogP contribution in [0.5, 0.6) is 0 Å². The Hall–Kier alpha value is -1.34. The van der Waals surface area contributed by atoms with Gasteiger partial charge >= 0.3 is 6.18 Å². The minimum atomic E-state index is -4.48. The van der Waals surface area contributed by atoms with Gasteiger partial charge in [0.15, 0.2) is 5.69 Å². The van der Waals surface area contributed by atoms with Crippen LogP contribution >= 0.6 is 15.9 Å². The normalized spacial score (nSPS) is 11.8. The van der Waals surface area contributed by atoms with Crippen LogP contribution in [-0.4, -0.2) is 14.9 Å².